The number of amides is 1. The van der Waals surface area contributed by atoms with Crippen LogP contribution in [0.15, 0.2) is 18.2 Å². The summed E-state index contributed by atoms with van der Waals surface area (Å²) in [6.07, 6.45) is 0. The number of nitrogens with zero attached hydrogens (tertiary/aromatic N) is 1. The number of rotatable bonds is 1. The second-order valence-corrected chi connectivity index (χ2v) is 6.29. The second-order valence-electron chi connectivity index (χ2n) is 5.19. The van der Waals surface area contributed by atoms with Crippen LogP contribution in [0.2, 0.25) is 0 Å². The number of benzene rings is 1. The molecule has 104 valence electrons. The molecule has 2 N–H and O–H groups in total. The minimum absolute atomic E-state index is 0.00841. The SMILES string of the molecule is Cc1ccc([C@@H]2SCC(=O)Nc3n[nH]c(C)c32)cc1C. The molecule has 2 heterocycles. The molecule has 1 aliphatic rings. The first-order valence-electron chi connectivity index (χ1n) is 6.59. The number of anilines is 1. The van der Waals surface area contributed by atoms with Gasteiger partial charge < -0.3 is 5.32 Å². The van der Waals surface area contributed by atoms with E-state index in [-0.39, 0.29) is 11.2 Å². The van der Waals surface area contributed by atoms with Gasteiger partial charge in [-0.2, -0.15) is 5.10 Å². The average Bonchev–Trinajstić information content (AvgIpc) is 2.67. The van der Waals surface area contributed by atoms with Crippen LogP contribution in [0.25, 0.3) is 0 Å². The van der Waals surface area contributed by atoms with Gasteiger partial charge in [0.2, 0.25) is 5.91 Å². The highest BCUT2D eigenvalue weighted by molar-refractivity contribution is 8.00. The summed E-state index contributed by atoms with van der Waals surface area (Å²) in [5.41, 5.74) is 5.88. The monoisotopic (exact) mass is 287 g/mol. The summed E-state index contributed by atoms with van der Waals surface area (Å²) in [6.45, 7) is 6.23. The third kappa shape index (κ3) is 2.22. The summed E-state index contributed by atoms with van der Waals surface area (Å²) in [5.74, 6) is 1.13. The van der Waals surface area contributed by atoms with Gasteiger partial charge >= 0.3 is 0 Å². The highest BCUT2D eigenvalue weighted by atomic mass is 32.2. The van der Waals surface area contributed by atoms with Gasteiger partial charge in [0, 0.05) is 11.3 Å². The normalized spacial score (nSPS) is 18.4. The van der Waals surface area contributed by atoms with Crippen molar-refractivity contribution in [3.8, 4) is 0 Å². The number of aromatic amines is 1. The van der Waals surface area contributed by atoms with Crippen molar-refractivity contribution in [1.29, 1.82) is 0 Å². The number of aromatic nitrogens is 2. The molecular formula is C15H17N3OS. The lowest BCUT2D eigenvalue weighted by Gasteiger charge is -2.16. The fraction of sp³-hybridized carbons (Fsp3) is 0.333. The standard InChI is InChI=1S/C15H17N3OS/c1-8-4-5-11(6-9(8)2)14-13-10(3)17-18-15(13)16-12(19)7-20-14/h4-6,14H,7H2,1-3H3,(H2,16,17,18,19)/t14-/m0/s1. The molecule has 0 fully saturated rings. The smallest absolute Gasteiger partial charge is 0.235 e. The Morgan fingerprint density at radius 1 is 1.25 bits per heavy atom. The van der Waals surface area contributed by atoms with Crippen LogP contribution in [-0.4, -0.2) is 21.9 Å². The molecule has 20 heavy (non-hydrogen) atoms. The van der Waals surface area contributed by atoms with E-state index in [0.717, 1.165) is 11.3 Å². The minimum Gasteiger partial charge on any atom is -0.308 e. The number of H-pyrrole nitrogens is 1. The van der Waals surface area contributed by atoms with Crippen LogP contribution in [0, 0.1) is 20.8 Å². The molecule has 0 spiro atoms. The molecule has 1 aromatic heterocycles. The molecule has 2 aromatic rings. The third-order valence-electron chi connectivity index (χ3n) is 3.73. The van der Waals surface area contributed by atoms with Crippen molar-refractivity contribution in [2.75, 3.05) is 11.1 Å². The van der Waals surface area contributed by atoms with E-state index in [1.165, 1.54) is 16.7 Å². The zero-order chi connectivity index (χ0) is 14.3. The van der Waals surface area contributed by atoms with Gasteiger partial charge in [-0.05, 0) is 37.5 Å². The van der Waals surface area contributed by atoms with E-state index in [1.54, 1.807) is 11.8 Å². The average molecular weight is 287 g/mol. The predicted molar refractivity (Wildman–Crippen MR) is 82.2 cm³/mol. The minimum atomic E-state index is 0.00841. The number of hydrogen-bond donors (Lipinski definition) is 2. The van der Waals surface area contributed by atoms with Crippen LogP contribution < -0.4 is 5.32 Å². The predicted octanol–water partition coefficient (Wildman–Crippen LogP) is 3.11. The summed E-state index contributed by atoms with van der Waals surface area (Å²) >= 11 is 1.65. The second kappa shape index (κ2) is 4.98. The lowest BCUT2D eigenvalue weighted by atomic mass is 10.00. The Bertz CT molecular complexity index is 678. The fourth-order valence-electron chi connectivity index (χ4n) is 2.46. The zero-order valence-electron chi connectivity index (χ0n) is 11.8. The van der Waals surface area contributed by atoms with Crippen LogP contribution in [0.5, 0.6) is 0 Å². The molecule has 1 aromatic carbocycles. The first-order chi connectivity index (χ1) is 9.56. The number of aryl methyl sites for hydroxylation is 3. The molecule has 0 aliphatic carbocycles. The number of carbonyl (C=O) groups excluding carboxylic acids is 1. The molecule has 0 saturated carbocycles. The Balaban J connectivity index is 2.10. The van der Waals surface area contributed by atoms with Gasteiger partial charge in [0.05, 0.1) is 11.0 Å². The summed E-state index contributed by atoms with van der Waals surface area (Å²) in [7, 11) is 0. The van der Waals surface area contributed by atoms with Crippen LogP contribution >= 0.6 is 11.8 Å². The Labute approximate surface area is 122 Å². The Kier molecular flexibility index (Phi) is 3.30. The summed E-state index contributed by atoms with van der Waals surface area (Å²) in [4.78, 5) is 11.8. The van der Waals surface area contributed by atoms with Gasteiger partial charge in [0.1, 0.15) is 0 Å². The molecule has 3 rings (SSSR count). The van der Waals surface area contributed by atoms with E-state index >= 15 is 0 Å². The maximum absolute atomic E-state index is 11.8. The van der Waals surface area contributed by atoms with Gasteiger partial charge in [-0.3, -0.25) is 9.89 Å². The molecular weight excluding hydrogens is 270 g/mol. The van der Waals surface area contributed by atoms with Crippen molar-refractivity contribution in [1.82, 2.24) is 10.2 Å². The largest absolute Gasteiger partial charge is 0.308 e. The molecule has 0 unspecified atom stereocenters. The zero-order valence-corrected chi connectivity index (χ0v) is 12.6. The van der Waals surface area contributed by atoms with Crippen LogP contribution in [0.3, 0.4) is 0 Å². The summed E-state index contributed by atoms with van der Waals surface area (Å²) in [6, 6.07) is 6.49. The molecule has 1 aliphatic heterocycles. The van der Waals surface area contributed by atoms with Crippen molar-refractivity contribution in [3.63, 3.8) is 0 Å². The molecule has 1 amide bonds. The Hall–Kier alpha value is -1.75. The lowest BCUT2D eigenvalue weighted by Crippen LogP contribution is -2.12. The molecule has 0 bridgehead atoms. The van der Waals surface area contributed by atoms with Crippen molar-refractivity contribution in [2.45, 2.75) is 26.0 Å². The first-order valence-corrected chi connectivity index (χ1v) is 7.64. The highest BCUT2D eigenvalue weighted by Gasteiger charge is 2.28. The van der Waals surface area contributed by atoms with Gasteiger partial charge in [0.25, 0.3) is 0 Å². The van der Waals surface area contributed by atoms with Gasteiger partial charge in [-0.25, -0.2) is 0 Å². The van der Waals surface area contributed by atoms with Gasteiger partial charge in [-0.1, -0.05) is 18.2 Å². The lowest BCUT2D eigenvalue weighted by molar-refractivity contribution is -0.113. The van der Waals surface area contributed by atoms with E-state index < -0.39 is 0 Å². The molecule has 4 nitrogen and oxygen atoms in total. The van der Waals surface area contributed by atoms with E-state index in [4.69, 9.17) is 0 Å². The van der Waals surface area contributed by atoms with Crippen LogP contribution in [-0.2, 0) is 4.79 Å². The van der Waals surface area contributed by atoms with E-state index in [1.807, 2.05) is 6.92 Å². The van der Waals surface area contributed by atoms with Crippen molar-refractivity contribution in [3.05, 3.63) is 46.1 Å². The van der Waals surface area contributed by atoms with Crippen LogP contribution in [0.1, 0.15) is 33.2 Å². The third-order valence-corrected chi connectivity index (χ3v) is 5.00. The highest BCUT2D eigenvalue weighted by Crippen LogP contribution is 2.42. The van der Waals surface area contributed by atoms with Gasteiger partial charge in [0.15, 0.2) is 5.82 Å². The van der Waals surface area contributed by atoms with Gasteiger partial charge in [-0.15, -0.1) is 11.8 Å². The topological polar surface area (TPSA) is 57.8 Å². The van der Waals surface area contributed by atoms with E-state index in [9.17, 15) is 4.79 Å². The fourth-order valence-corrected chi connectivity index (χ4v) is 3.64. The Morgan fingerprint density at radius 3 is 2.80 bits per heavy atom. The van der Waals surface area contributed by atoms with Crippen molar-refractivity contribution < 1.29 is 4.79 Å². The number of nitrogens with one attached hydrogen (secondary N) is 2. The Morgan fingerprint density at radius 2 is 2.05 bits per heavy atom. The molecule has 1 atom stereocenters. The molecule has 5 heteroatoms. The molecule has 0 saturated heterocycles. The van der Waals surface area contributed by atoms with Crippen molar-refractivity contribution >= 4 is 23.5 Å². The number of thioether (sulfide) groups is 1. The maximum atomic E-state index is 11.8. The molecule has 0 radical (unpaired) electrons. The number of hydrogen-bond acceptors (Lipinski definition) is 3. The summed E-state index contributed by atoms with van der Waals surface area (Å²) in [5, 5.41) is 10.2. The van der Waals surface area contributed by atoms with E-state index in [2.05, 4.69) is 47.6 Å². The quantitative estimate of drug-likeness (QED) is 0.847. The number of carbonyl (C=O) groups is 1. The first kappa shape index (κ1) is 13.2. The summed E-state index contributed by atoms with van der Waals surface area (Å²) < 4.78 is 0. The van der Waals surface area contributed by atoms with Crippen LogP contribution in [0.4, 0.5) is 5.82 Å². The van der Waals surface area contributed by atoms with Crippen molar-refractivity contribution in [2.24, 2.45) is 0 Å². The van der Waals surface area contributed by atoms with E-state index in [0.29, 0.717) is 11.6 Å². The maximum Gasteiger partial charge on any atom is 0.235 e. The number of fused-ring (bicyclic) bond motifs is 1.